The van der Waals surface area contributed by atoms with E-state index in [0.29, 0.717) is 11.8 Å². The van der Waals surface area contributed by atoms with Gasteiger partial charge in [-0.05, 0) is 26.6 Å². The molecule has 0 aromatic heterocycles. The molecule has 0 N–H and O–H groups in total. The van der Waals surface area contributed by atoms with Gasteiger partial charge in [0.05, 0.1) is 0 Å². The first-order valence-corrected chi connectivity index (χ1v) is 6.41. The summed E-state index contributed by atoms with van der Waals surface area (Å²) in [6.45, 7) is 10.3. The van der Waals surface area contributed by atoms with Gasteiger partial charge in [0.25, 0.3) is 0 Å². The van der Waals surface area contributed by atoms with Crippen LogP contribution in [0.1, 0.15) is 40.5 Å². The summed E-state index contributed by atoms with van der Waals surface area (Å²) in [5.74, 6) is 1.26. The molecule has 0 saturated heterocycles. The zero-order valence-corrected chi connectivity index (χ0v) is 16.1. The fourth-order valence-corrected chi connectivity index (χ4v) is 2.11. The first-order chi connectivity index (χ1) is 7.41. The van der Waals surface area contributed by atoms with Gasteiger partial charge in [0.15, 0.2) is 0 Å². The summed E-state index contributed by atoms with van der Waals surface area (Å²) in [7, 11) is 4.29. The minimum absolute atomic E-state index is 0. The Labute approximate surface area is 147 Å². The van der Waals surface area contributed by atoms with Crippen LogP contribution in [0.2, 0.25) is 0 Å². The molecule has 0 fully saturated rings. The van der Waals surface area contributed by atoms with Crippen molar-refractivity contribution in [1.29, 1.82) is 0 Å². The normalized spacial score (nSPS) is 14.3. The van der Waals surface area contributed by atoms with E-state index >= 15 is 0 Å². The monoisotopic (exact) mass is 338 g/mol. The maximum absolute atomic E-state index is 3.64. The molecule has 19 heavy (non-hydrogen) atoms. The van der Waals surface area contributed by atoms with E-state index < -0.39 is 0 Å². The van der Waals surface area contributed by atoms with Gasteiger partial charge in [0, 0.05) is 0 Å². The molecule has 1 aliphatic rings. The van der Waals surface area contributed by atoms with Crippen molar-refractivity contribution in [2.75, 3.05) is 20.6 Å². The Balaban J connectivity index is -0.000000853. The molecule has 4 heteroatoms. The molecule has 0 aromatic carbocycles. The largest absolute Gasteiger partial charge is 3.00 e. The van der Waals surface area contributed by atoms with Crippen LogP contribution in [-0.2, 0) is 21.7 Å². The zero-order chi connectivity index (χ0) is 12.3. The van der Waals surface area contributed by atoms with Crippen molar-refractivity contribution in [2.45, 2.75) is 40.5 Å². The van der Waals surface area contributed by atoms with Crippen LogP contribution in [-0.4, -0.2) is 25.5 Å². The average molecular weight is 339 g/mol. The van der Waals surface area contributed by atoms with E-state index in [2.05, 4.69) is 52.8 Å². The fraction of sp³-hybridized carbons (Fsp3) is 0.733. The Kier molecular flexibility index (Phi) is 14.8. The smallest absolute Gasteiger partial charge is 1.00 e. The van der Waals surface area contributed by atoms with Crippen LogP contribution in [0.5, 0.6) is 0 Å². The Bertz CT molecular complexity index is 307. The Morgan fingerprint density at radius 3 is 1.95 bits per heavy atom. The molecule has 0 atom stereocenters. The SMILES string of the molecule is CC(C)C1=[C-]C(C(C)C)=C(CCN(C)C)C1.[Cl-].[Cl-].[Ti+3]. The number of halogens is 2. The van der Waals surface area contributed by atoms with E-state index in [1.807, 2.05) is 0 Å². The van der Waals surface area contributed by atoms with Crippen LogP contribution in [0.15, 0.2) is 16.7 Å². The van der Waals surface area contributed by atoms with Gasteiger partial charge in [-0.3, -0.25) is 0 Å². The molecule has 0 spiro atoms. The quantitative estimate of drug-likeness (QED) is 0.402. The summed E-state index contributed by atoms with van der Waals surface area (Å²) >= 11 is 0. The van der Waals surface area contributed by atoms with E-state index in [1.54, 1.807) is 5.57 Å². The molecule has 0 aromatic rings. The van der Waals surface area contributed by atoms with Crippen LogP contribution in [0.3, 0.4) is 0 Å². The molecule has 1 rings (SSSR count). The molecule has 1 aliphatic carbocycles. The Morgan fingerprint density at radius 2 is 1.58 bits per heavy atom. The molecule has 0 heterocycles. The first-order valence-electron chi connectivity index (χ1n) is 6.41. The summed E-state index contributed by atoms with van der Waals surface area (Å²) in [6.07, 6.45) is 6.01. The van der Waals surface area contributed by atoms with Gasteiger partial charge in [-0.15, -0.1) is 0 Å². The third-order valence-electron chi connectivity index (χ3n) is 3.22. The third-order valence-corrected chi connectivity index (χ3v) is 3.22. The van der Waals surface area contributed by atoms with E-state index in [1.165, 1.54) is 24.0 Å². The van der Waals surface area contributed by atoms with Crippen LogP contribution < -0.4 is 24.8 Å². The molecule has 1 radical (unpaired) electrons. The van der Waals surface area contributed by atoms with Crippen molar-refractivity contribution in [3.05, 3.63) is 22.8 Å². The van der Waals surface area contributed by atoms with Crippen molar-refractivity contribution < 1.29 is 46.5 Å². The molecular weight excluding hydrogens is 313 g/mol. The zero-order valence-electron chi connectivity index (χ0n) is 13.0. The predicted octanol–water partition coefficient (Wildman–Crippen LogP) is -2.31. The molecule has 0 amide bonds. The van der Waals surface area contributed by atoms with E-state index in [0.717, 1.165) is 6.54 Å². The van der Waals surface area contributed by atoms with Gasteiger partial charge in [-0.25, -0.2) is 17.2 Å². The van der Waals surface area contributed by atoms with Crippen molar-refractivity contribution in [1.82, 2.24) is 4.90 Å². The van der Waals surface area contributed by atoms with Gasteiger partial charge in [0.1, 0.15) is 0 Å². The van der Waals surface area contributed by atoms with Gasteiger partial charge >= 0.3 is 21.7 Å². The second kappa shape index (κ2) is 11.4. The van der Waals surface area contributed by atoms with E-state index in [4.69, 9.17) is 0 Å². The molecule has 0 bridgehead atoms. The Hall–Kier alpha value is 0.734. The summed E-state index contributed by atoms with van der Waals surface area (Å²) in [5.41, 5.74) is 4.59. The van der Waals surface area contributed by atoms with Crippen LogP contribution >= 0.6 is 0 Å². The van der Waals surface area contributed by atoms with Crippen molar-refractivity contribution in [2.24, 2.45) is 11.8 Å². The van der Waals surface area contributed by atoms with Crippen molar-refractivity contribution >= 4 is 0 Å². The minimum Gasteiger partial charge on any atom is -1.00 e. The topological polar surface area (TPSA) is 3.24 Å². The minimum atomic E-state index is 0. The van der Waals surface area contributed by atoms with Gasteiger partial charge in [-0.1, -0.05) is 46.5 Å². The number of hydrogen-bond acceptors (Lipinski definition) is 1. The summed E-state index contributed by atoms with van der Waals surface area (Å²) in [4.78, 5) is 2.26. The van der Waals surface area contributed by atoms with Gasteiger partial charge in [0.2, 0.25) is 0 Å². The first kappa shape index (κ1) is 24.7. The number of hydrogen-bond donors (Lipinski definition) is 0. The molecule has 1 nitrogen and oxygen atoms in total. The fourth-order valence-electron chi connectivity index (χ4n) is 2.11. The van der Waals surface area contributed by atoms with E-state index in [9.17, 15) is 0 Å². The van der Waals surface area contributed by atoms with Gasteiger partial charge < -0.3 is 29.7 Å². The van der Waals surface area contributed by atoms with Crippen molar-refractivity contribution in [3.8, 4) is 0 Å². The summed E-state index contributed by atoms with van der Waals surface area (Å²) in [6, 6.07) is 0. The number of nitrogens with zero attached hydrogens (tertiary/aromatic N) is 1. The van der Waals surface area contributed by atoms with Crippen LogP contribution in [0.4, 0.5) is 0 Å². The molecule has 0 aliphatic heterocycles. The maximum Gasteiger partial charge on any atom is 3.00 e. The molecular formula is C15H26Cl2NTi. The second-order valence-electron chi connectivity index (χ2n) is 5.71. The third kappa shape index (κ3) is 7.92. The molecule has 109 valence electrons. The molecule has 0 unspecified atom stereocenters. The predicted molar refractivity (Wildman–Crippen MR) is 71.2 cm³/mol. The molecule has 0 saturated carbocycles. The second-order valence-corrected chi connectivity index (χ2v) is 5.71. The Morgan fingerprint density at radius 1 is 1.05 bits per heavy atom. The average Bonchev–Trinajstić information content (AvgIpc) is 2.58. The summed E-state index contributed by atoms with van der Waals surface area (Å²) < 4.78 is 0. The van der Waals surface area contributed by atoms with Crippen LogP contribution in [0, 0.1) is 17.9 Å². The standard InChI is InChI=1S/C15H26N.2ClH.Ti/c1-11(2)14-9-13(7-8-16(5)6)15(10-14)12(3)4;;;/h11-12H,7-9H2,1-6H3;2*1H;/q-1;;;+3/p-2. The van der Waals surface area contributed by atoms with Crippen LogP contribution in [0.25, 0.3) is 0 Å². The van der Waals surface area contributed by atoms with Crippen molar-refractivity contribution in [3.63, 3.8) is 0 Å². The number of rotatable bonds is 5. The maximum atomic E-state index is 3.64. The van der Waals surface area contributed by atoms with Gasteiger partial charge in [-0.2, -0.15) is 5.57 Å². The summed E-state index contributed by atoms with van der Waals surface area (Å²) in [5, 5.41) is 0. The van der Waals surface area contributed by atoms with E-state index in [-0.39, 0.29) is 46.5 Å². The number of allylic oxidation sites excluding steroid dienone is 3.